The van der Waals surface area contributed by atoms with E-state index >= 15 is 0 Å². The second-order valence-electron chi connectivity index (χ2n) is 3.32. The summed E-state index contributed by atoms with van der Waals surface area (Å²) in [5.74, 6) is -0.945. The normalized spacial score (nSPS) is 10.7. The van der Waals surface area contributed by atoms with Crippen molar-refractivity contribution in [2.24, 2.45) is 0 Å². The lowest BCUT2D eigenvalue weighted by molar-refractivity contribution is 0.0517. The first-order valence-corrected chi connectivity index (χ1v) is 4.95. The summed E-state index contributed by atoms with van der Waals surface area (Å²) in [5, 5.41) is 0. The number of esters is 1. The van der Waals surface area contributed by atoms with Crippen molar-refractivity contribution in [1.82, 2.24) is 9.38 Å². The highest BCUT2D eigenvalue weighted by molar-refractivity contribution is 5.90. The number of nitrogens with zero attached hydrogens (tertiary/aromatic N) is 2. The molecular formula is C11H11FN2O2. The Labute approximate surface area is 91.7 Å². The zero-order valence-electron chi connectivity index (χ0n) is 9.03. The van der Waals surface area contributed by atoms with Gasteiger partial charge >= 0.3 is 5.97 Å². The van der Waals surface area contributed by atoms with Crippen LogP contribution < -0.4 is 0 Å². The van der Waals surface area contributed by atoms with E-state index in [1.807, 2.05) is 0 Å². The first kappa shape index (κ1) is 10.6. The van der Waals surface area contributed by atoms with E-state index in [4.69, 9.17) is 4.74 Å². The van der Waals surface area contributed by atoms with Gasteiger partial charge in [-0.1, -0.05) is 0 Å². The third-order valence-electron chi connectivity index (χ3n) is 2.25. The lowest BCUT2D eigenvalue weighted by Gasteiger charge is -2.02. The lowest BCUT2D eigenvalue weighted by atomic mass is 10.3. The molecule has 0 aliphatic heterocycles. The fourth-order valence-corrected chi connectivity index (χ4v) is 1.59. The summed E-state index contributed by atoms with van der Waals surface area (Å²) < 4.78 is 19.7. The van der Waals surface area contributed by atoms with Gasteiger partial charge in [0.05, 0.1) is 12.3 Å². The van der Waals surface area contributed by atoms with Crippen LogP contribution in [0.15, 0.2) is 18.3 Å². The van der Waals surface area contributed by atoms with Gasteiger partial charge in [-0.2, -0.15) is 0 Å². The average Bonchev–Trinajstić information content (AvgIpc) is 2.56. The van der Waals surface area contributed by atoms with Crippen LogP contribution in [0.3, 0.4) is 0 Å². The fraction of sp³-hybridized carbons (Fsp3) is 0.273. The van der Waals surface area contributed by atoms with Crippen molar-refractivity contribution in [3.05, 3.63) is 35.5 Å². The number of carbonyl (C=O) groups excluding carboxylic acids is 1. The van der Waals surface area contributed by atoms with Crippen molar-refractivity contribution < 1.29 is 13.9 Å². The van der Waals surface area contributed by atoms with Gasteiger partial charge < -0.3 is 4.74 Å². The first-order valence-electron chi connectivity index (χ1n) is 4.95. The van der Waals surface area contributed by atoms with E-state index < -0.39 is 11.8 Å². The molecule has 4 nitrogen and oxygen atoms in total. The highest BCUT2D eigenvalue weighted by Gasteiger charge is 2.18. The molecule has 84 valence electrons. The summed E-state index contributed by atoms with van der Waals surface area (Å²) in [4.78, 5) is 15.6. The van der Waals surface area contributed by atoms with Gasteiger partial charge in [0.1, 0.15) is 0 Å². The predicted molar refractivity (Wildman–Crippen MR) is 55.8 cm³/mol. The van der Waals surface area contributed by atoms with Gasteiger partial charge in [0.2, 0.25) is 0 Å². The van der Waals surface area contributed by atoms with Gasteiger partial charge in [0.15, 0.2) is 17.2 Å². The Morgan fingerprint density at radius 2 is 2.38 bits per heavy atom. The molecule has 0 radical (unpaired) electrons. The number of hydrogen-bond acceptors (Lipinski definition) is 3. The van der Waals surface area contributed by atoms with E-state index in [9.17, 15) is 9.18 Å². The minimum atomic E-state index is -0.488. The van der Waals surface area contributed by atoms with E-state index in [0.717, 1.165) is 0 Å². The number of aromatic nitrogens is 2. The van der Waals surface area contributed by atoms with E-state index in [-0.39, 0.29) is 17.9 Å². The van der Waals surface area contributed by atoms with E-state index in [1.54, 1.807) is 20.0 Å². The second kappa shape index (κ2) is 3.92. The molecule has 5 heteroatoms. The molecular weight excluding hydrogens is 211 g/mol. The molecule has 16 heavy (non-hydrogen) atoms. The Morgan fingerprint density at radius 1 is 1.62 bits per heavy atom. The van der Waals surface area contributed by atoms with Crippen molar-refractivity contribution in [2.75, 3.05) is 6.61 Å². The molecule has 0 unspecified atom stereocenters. The number of aryl methyl sites for hydroxylation is 1. The van der Waals surface area contributed by atoms with Crippen LogP contribution in [0.5, 0.6) is 0 Å². The largest absolute Gasteiger partial charge is 0.461 e. The molecule has 0 fully saturated rings. The number of fused-ring (bicyclic) bond motifs is 1. The summed E-state index contributed by atoms with van der Waals surface area (Å²) in [7, 11) is 0. The number of carbonyl (C=O) groups is 1. The maximum atomic E-state index is 13.4. The van der Waals surface area contributed by atoms with Crippen molar-refractivity contribution in [1.29, 1.82) is 0 Å². The van der Waals surface area contributed by atoms with E-state index in [1.165, 1.54) is 16.5 Å². The maximum Gasteiger partial charge on any atom is 0.357 e. The third kappa shape index (κ3) is 1.54. The molecule has 0 N–H and O–H groups in total. The van der Waals surface area contributed by atoms with Crippen LogP contribution in [-0.4, -0.2) is 22.0 Å². The topological polar surface area (TPSA) is 43.6 Å². The summed E-state index contributed by atoms with van der Waals surface area (Å²) in [6.45, 7) is 3.65. The molecule has 2 aromatic heterocycles. The number of halogens is 1. The molecule has 0 saturated carbocycles. The van der Waals surface area contributed by atoms with Gasteiger partial charge in [-0.25, -0.2) is 14.2 Å². The van der Waals surface area contributed by atoms with Crippen LogP contribution in [0, 0.1) is 12.7 Å². The summed E-state index contributed by atoms with van der Waals surface area (Å²) in [6, 6.07) is 2.82. The molecule has 0 aliphatic rings. The minimum Gasteiger partial charge on any atom is -0.461 e. The molecule has 0 bridgehead atoms. The quantitative estimate of drug-likeness (QED) is 0.729. The predicted octanol–water partition coefficient (Wildman–Crippen LogP) is 1.96. The van der Waals surface area contributed by atoms with Gasteiger partial charge in [-0.15, -0.1) is 0 Å². The monoisotopic (exact) mass is 222 g/mol. The highest BCUT2D eigenvalue weighted by atomic mass is 19.1. The van der Waals surface area contributed by atoms with Gasteiger partial charge in [0, 0.05) is 6.20 Å². The van der Waals surface area contributed by atoms with Crippen molar-refractivity contribution in [3.63, 3.8) is 0 Å². The van der Waals surface area contributed by atoms with Gasteiger partial charge in [-0.05, 0) is 26.0 Å². The summed E-state index contributed by atoms with van der Waals surface area (Å²) in [6.07, 6.45) is 1.59. The molecule has 0 aliphatic carbocycles. The van der Waals surface area contributed by atoms with Crippen LogP contribution in [-0.2, 0) is 4.74 Å². The number of pyridine rings is 1. The second-order valence-corrected chi connectivity index (χ2v) is 3.32. The van der Waals surface area contributed by atoms with Crippen molar-refractivity contribution >= 4 is 11.6 Å². The fourth-order valence-electron chi connectivity index (χ4n) is 1.59. The van der Waals surface area contributed by atoms with Crippen LogP contribution in [0.1, 0.15) is 23.1 Å². The number of hydrogen-bond donors (Lipinski definition) is 0. The standard InChI is InChI=1S/C11H11FN2O2/c1-3-16-11(15)9-7(2)13-10-8(12)5-4-6-14(9)10/h4-6H,3H2,1-2H3. The molecule has 2 rings (SSSR count). The molecule has 0 aromatic carbocycles. The minimum absolute atomic E-state index is 0.142. The number of ether oxygens (including phenoxy) is 1. The molecule has 2 heterocycles. The van der Waals surface area contributed by atoms with Crippen molar-refractivity contribution in [2.45, 2.75) is 13.8 Å². The number of rotatable bonds is 2. The Bertz CT molecular complexity index is 548. The third-order valence-corrected chi connectivity index (χ3v) is 2.25. The molecule has 0 amide bonds. The van der Waals surface area contributed by atoms with Crippen LogP contribution in [0.4, 0.5) is 4.39 Å². The Kier molecular flexibility index (Phi) is 2.60. The zero-order valence-corrected chi connectivity index (χ0v) is 9.03. The Balaban J connectivity index is 2.65. The SMILES string of the molecule is CCOC(=O)c1c(C)nc2c(F)cccn12. The van der Waals surface area contributed by atoms with E-state index in [0.29, 0.717) is 5.69 Å². The molecule has 0 saturated heterocycles. The van der Waals surface area contributed by atoms with Crippen LogP contribution in [0.2, 0.25) is 0 Å². The first-order chi connectivity index (χ1) is 7.65. The molecule has 2 aromatic rings. The average molecular weight is 222 g/mol. The Morgan fingerprint density at radius 3 is 3.06 bits per heavy atom. The van der Waals surface area contributed by atoms with Gasteiger partial charge in [0.25, 0.3) is 0 Å². The molecule has 0 atom stereocenters. The van der Waals surface area contributed by atoms with Crippen LogP contribution in [0.25, 0.3) is 5.65 Å². The summed E-state index contributed by atoms with van der Waals surface area (Å²) in [5.41, 5.74) is 0.878. The maximum absolute atomic E-state index is 13.4. The Hall–Kier alpha value is -1.91. The zero-order chi connectivity index (χ0) is 11.7. The summed E-state index contributed by atoms with van der Waals surface area (Å²) >= 11 is 0. The lowest BCUT2D eigenvalue weighted by Crippen LogP contribution is -2.09. The molecule has 0 spiro atoms. The highest BCUT2D eigenvalue weighted by Crippen LogP contribution is 2.15. The number of imidazole rings is 1. The van der Waals surface area contributed by atoms with Crippen molar-refractivity contribution in [3.8, 4) is 0 Å². The van der Waals surface area contributed by atoms with E-state index in [2.05, 4.69) is 4.98 Å². The van der Waals surface area contributed by atoms with Crippen LogP contribution >= 0.6 is 0 Å². The van der Waals surface area contributed by atoms with Gasteiger partial charge in [-0.3, -0.25) is 4.40 Å². The smallest absolute Gasteiger partial charge is 0.357 e.